The summed E-state index contributed by atoms with van der Waals surface area (Å²) in [7, 11) is 4.81. The maximum absolute atomic E-state index is 11.6. The van der Waals surface area contributed by atoms with Gasteiger partial charge in [0.15, 0.2) is 14.1 Å². The molecule has 0 aromatic heterocycles. The van der Waals surface area contributed by atoms with Gasteiger partial charge in [-0.2, -0.15) is 4.58 Å². The summed E-state index contributed by atoms with van der Waals surface area (Å²) in [4.78, 5) is 74.1. The largest absolute Gasteiger partial charge is 1.00 e. The van der Waals surface area contributed by atoms with Gasteiger partial charge in [-0.3, -0.25) is 19.2 Å². The van der Waals surface area contributed by atoms with Crippen LogP contribution in [0.1, 0.15) is 39.5 Å². The Labute approximate surface area is 279 Å². The van der Waals surface area contributed by atoms with Gasteiger partial charge in [0.2, 0.25) is 18.4 Å². The van der Waals surface area contributed by atoms with E-state index in [0.717, 1.165) is 0 Å². The molecular weight excluding hydrogens is 594 g/mol. The fourth-order valence-corrected chi connectivity index (χ4v) is 2.94. The summed E-state index contributed by atoms with van der Waals surface area (Å²) in [5.41, 5.74) is -0.450. The van der Waals surface area contributed by atoms with E-state index in [2.05, 4.69) is 16.0 Å². The second kappa shape index (κ2) is 28.9. The molecule has 1 saturated heterocycles. The quantitative estimate of drug-likeness (QED) is 0.0432. The van der Waals surface area contributed by atoms with Crippen LogP contribution in [-0.4, -0.2) is 139 Å². The predicted octanol–water partition coefficient (Wildman–Crippen LogP) is -6.67. The molecular formula is C26H41BN4NaO12+. The van der Waals surface area contributed by atoms with Crippen LogP contribution in [0.4, 0.5) is 0 Å². The first-order valence-electron chi connectivity index (χ1n) is 13.2. The van der Waals surface area contributed by atoms with Crippen LogP contribution in [0.2, 0.25) is 0 Å². The first-order valence-corrected chi connectivity index (χ1v) is 13.2. The zero-order valence-electron chi connectivity index (χ0n) is 25.3. The Morgan fingerprint density at radius 3 is 2.02 bits per heavy atom. The van der Waals surface area contributed by atoms with Crippen molar-refractivity contribution in [3.8, 4) is 0 Å². The molecule has 1 fully saturated rings. The van der Waals surface area contributed by atoms with Crippen molar-refractivity contribution < 1.29 is 92.9 Å². The molecule has 0 aliphatic carbocycles. The first kappa shape index (κ1) is 45.6. The molecule has 2 aliphatic heterocycles. The van der Waals surface area contributed by atoms with E-state index in [9.17, 15) is 28.8 Å². The number of carbonyl (C=O) groups is 6. The van der Waals surface area contributed by atoms with E-state index in [0.29, 0.717) is 19.6 Å². The fourth-order valence-electron chi connectivity index (χ4n) is 2.94. The Kier molecular flexibility index (Phi) is 30.0. The number of hydrogen-bond donors (Lipinski definition) is 7. The zero-order chi connectivity index (χ0) is 33.2. The van der Waals surface area contributed by atoms with Crippen molar-refractivity contribution >= 4 is 56.1 Å². The topological polar surface area (TPSA) is 249 Å². The Balaban J connectivity index is -0.000000610. The van der Waals surface area contributed by atoms with Crippen LogP contribution in [0.3, 0.4) is 0 Å². The van der Waals surface area contributed by atoms with Crippen molar-refractivity contribution in [2.45, 2.75) is 57.8 Å². The van der Waals surface area contributed by atoms with Gasteiger partial charge in [-0.05, 0) is 0 Å². The summed E-state index contributed by atoms with van der Waals surface area (Å²) < 4.78 is 6.06. The molecule has 2 aliphatic rings. The molecule has 44 heavy (non-hydrogen) atoms. The van der Waals surface area contributed by atoms with Crippen molar-refractivity contribution in [3.63, 3.8) is 0 Å². The summed E-state index contributed by atoms with van der Waals surface area (Å²) in [6, 6.07) is -0.643. The maximum Gasteiger partial charge on any atom is 1.00 e. The summed E-state index contributed by atoms with van der Waals surface area (Å²) in [6.45, 7) is 4.23. The zero-order valence-corrected chi connectivity index (χ0v) is 27.3. The van der Waals surface area contributed by atoms with E-state index < -0.39 is 23.9 Å². The maximum atomic E-state index is 11.6. The van der Waals surface area contributed by atoms with Gasteiger partial charge in [-0.1, -0.05) is 25.8 Å². The number of rotatable bonds is 13. The molecule has 2 radical (unpaired) electrons. The molecule has 2 heterocycles. The molecule has 4 amide bonds. The normalized spacial score (nSPS) is 16.9. The van der Waals surface area contributed by atoms with E-state index in [1.54, 1.807) is 26.2 Å². The van der Waals surface area contributed by atoms with Crippen molar-refractivity contribution in [1.29, 1.82) is 0 Å². The van der Waals surface area contributed by atoms with Gasteiger partial charge >= 0.3 is 35.5 Å². The van der Waals surface area contributed by atoms with E-state index in [-0.39, 0.29) is 111 Å². The SMILES string of the molecule is CC(C)C([C-]=O)NC(=O)CCNC(=O)C[N+]1=CC=CC1=O.O=CO.OC1COCC(O)C1.[B]C(=O)CCNC(=O)CCO.[Na+]. The van der Waals surface area contributed by atoms with Gasteiger partial charge in [-0.25, -0.2) is 11.1 Å². The molecule has 0 aromatic carbocycles. The van der Waals surface area contributed by atoms with Crippen LogP contribution in [0.25, 0.3) is 0 Å². The molecule has 3 atom stereocenters. The summed E-state index contributed by atoms with van der Waals surface area (Å²) in [5, 5.41) is 40.3. The molecule has 7 N–H and O–H groups in total. The number of nitrogens with zero attached hydrogens (tertiary/aromatic N) is 1. The van der Waals surface area contributed by atoms with Crippen molar-refractivity contribution in [1.82, 2.24) is 16.0 Å². The van der Waals surface area contributed by atoms with E-state index in [4.69, 9.17) is 37.8 Å². The third-order valence-electron chi connectivity index (χ3n) is 5.08. The average Bonchev–Trinajstić information content (AvgIpc) is 3.32. The number of aliphatic hydroxyl groups is 3. The predicted molar refractivity (Wildman–Crippen MR) is 152 cm³/mol. The molecule has 2 rings (SSSR count). The van der Waals surface area contributed by atoms with Gasteiger partial charge in [0.25, 0.3) is 12.4 Å². The molecule has 0 saturated carbocycles. The Morgan fingerprint density at radius 2 is 1.61 bits per heavy atom. The van der Waals surface area contributed by atoms with Crippen molar-refractivity contribution in [3.05, 3.63) is 12.2 Å². The molecule has 0 spiro atoms. The Morgan fingerprint density at radius 1 is 1.07 bits per heavy atom. The molecule has 0 bridgehead atoms. The van der Waals surface area contributed by atoms with Crippen LogP contribution < -0.4 is 45.5 Å². The van der Waals surface area contributed by atoms with E-state index in [1.165, 1.54) is 16.9 Å². The Bertz CT molecular complexity index is 957. The van der Waals surface area contributed by atoms with Gasteiger partial charge in [-0.15, -0.1) is 0 Å². The number of allylic oxidation sites excluding steroid dienone is 1. The van der Waals surface area contributed by atoms with Gasteiger partial charge in [0.1, 0.15) is 0 Å². The third-order valence-corrected chi connectivity index (χ3v) is 5.08. The number of hydrogen-bond acceptors (Lipinski definition) is 11. The van der Waals surface area contributed by atoms with Gasteiger partial charge < -0.3 is 50.7 Å². The van der Waals surface area contributed by atoms with Crippen LogP contribution in [-0.2, 0) is 38.3 Å². The second-order valence-corrected chi connectivity index (χ2v) is 9.21. The smallest absolute Gasteiger partial charge is 0.540 e. The molecule has 0 aromatic rings. The molecule has 3 unspecified atom stereocenters. The average molecular weight is 635 g/mol. The van der Waals surface area contributed by atoms with E-state index >= 15 is 0 Å². The minimum Gasteiger partial charge on any atom is -0.540 e. The van der Waals surface area contributed by atoms with Gasteiger partial charge in [0.05, 0.1) is 43.8 Å². The second-order valence-electron chi connectivity index (χ2n) is 9.21. The summed E-state index contributed by atoms with van der Waals surface area (Å²) >= 11 is 0. The van der Waals surface area contributed by atoms with E-state index in [1.807, 2.05) is 0 Å². The molecule has 240 valence electrons. The van der Waals surface area contributed by atoms with Crippen LogP contribution in [0.15, 0.2) is 12.2 Å². The fraction of sp³-hybridized carbons (Fsp3) is 0.615. The van der Waals surface area contributed by atoms with Crippen LogP contribution in [0, 0.1) is 5.92 Å². The van der Waals surface area contributed by atoms with Crippen LogP contribution in [0.5, 0.6) is 0 Å². The number of aliphatic hydroxyl groups excluding tert-OH is 3. The van der Waals surface area contributed by atoms with Gasteiger partial charge in [0, 0.05) is 44.8 Å². The third kappa shape index (κ3) is 26.8. The number of carboxylic acid groups (broad SMARTS) is 1. The number of nitrogens with one attached hydrogen (secondary N) is 3. The van der Waals surface area contributed by atoms with Crippen LogP contribution >= 0.6 is 0 Å². The standard InChI is InChI=1S/C14H19N3O4.C6H10BNO3.C5H10O3.CH2O2.Na/c1-10(2)11(9-18)16-12(19)5-6-15-13(20)8-17-7-3-4-14(17)21;7-5(10)1-3-8-6(11)2-4-9;6-4-1-5(7)3-8-2-4;2-1-3;/h3-4,7,10-11H,5-6,8H2,1-2H3,(H,15,20)(H,16,19);9H,1-4H2,(H,8,11);4-7H,1-3H2;1H,(H,2,3);/q;;;;+1. The monoisotopic (exact) mass is 635 g/mol. The van der Waals surface area contributed by atoms with Crippen molar-refractivity contribution in [2.24, 2.45) is 5.92 Å². The number of ether oxygens (including phenoxy) is 1. The Hall–Kier alpha value is -2.80. The number of amides is 4. The summed E-state index contributed by atoms with van der Waals surface area (Å²) in [6.07, 6.45) is 6.01. The first-order chi connectivity index (χ1) is 20.3. The minimum absolute atomic E-state index is 0. The minimum atomic E-state index is -0.643. The molecule has 18 heteroatoms. The summed E-state index contributed by atoms with van der Waals surface area (Å²) in [5.74, 6) is -1.23. The number of carbonyl (C=O) groups excluding carboxylic acids is 6. The van der Waals surface area contributed by atoms with Crippen molar-refractivity contribution in [2.75, 3.05) is 39.5 Å². The molecule has 16 nitrogen and oxygen atoms in total.